The summed E-state index contributed by atoms with van der Waals surface area (Å²) < 4.78 is 2.03. The molecule has 0 amide bonds. The number of aryl methyl sites for hydroxylation is 1. The molecule has 0 aliphatic heterocycles. The summed E-state index contributed by atoms with van der Waals surface area (Å²) in [6.07, 6.45) is 5.72. The first kappa shape index (κ1) is 15.0. The second-order valence-electron chi connectivity index (χ2n) is 4.74. The molecule has 0 aliphatic rings. The Bertz CT molecular complexity index is 538. The van der Waals surface area contributed by atoms with E-state index < -0.39 is 0 Å². The molecule has 0 saturated carbocycles. The zero-order valence-corrected chi connectivity index (χ0v) is 12.8. The first-order valence-electron chi connectivity index (χ1n) is 7.13. The van der Waals surface area contributed by atoms with E-state index in [1.54, 1.807) is 6.20 Å². The summed E-state index contributed by atoms with van der Waals surface area (Å²) in [7, 11) is 0. The van der Waals surface area contributed by atoms with Crippen molar-refractivity contribution in [1.29, 1.82) is 0 Å². The van der Waals surface area contributed by atoms with Crippen molar-refractivity contribution >= 4 is 11.6 Å². The van der Waals surface area contributed by atoms with Gasteiger partial charge in [0.15, 0.2) is 0 Å². The Balaban J connectivity index is 2.37. The van der Waals surface area contributed by atoms with Gasteiger partial charge in [0.2, 0.25) is 0 Å². The van der Waals surface area contributed by atoms with E-state index in [2.05, 4.69) is 29.2 Å². The van der Waals surface area contributed by atoms with E-state index in [-0.39, 0.29) is 6.04 Å². The Kier molecular flexibility index (Phi) is 5.56. The summed E-state index contributed by atoms with van der Waals surface area (Å²) in [5.41, 5.74) is 1.97. The first-order valence-corrected chi connectivity index (χ1v) is 7.51. The third-order valence-electron chi connectivity index (χ3n) is 3.14. The molecule has 5 heteroatoms. The number of nitrogens with zero attached hydrogens (tertiary/aromatic N) is 3. The molecule has 1 atom stereocenters. The molecule has 0 aliphatic carbocycles. The van der Waals surface area contributed by atoms with Crippen LogP contribution >= 0.6 is 11.6 Å². The number of aromatic nitrogens is 3. The minimum atomic E-state index is -0.0160. The Labute approximate surface area is 125 Å². The highest BCUT2D eigenvalue weighted by atomic mass is 35.5. The van der Waals surface area contributed by atoms with Crippen molar-refractivity contribution in [3.63, 3.8) is 0 Å². The molecule has 0 spiro atoms. The van der Waals surface area contributed by atoms with Crippen molar-refractivity contribution < 1.29 is 0 Å². The van der Waals surface area contributed by atoms with Gasteiger partial charge >= 0.3 is 0 Å². The summed E-state index contributed by atoms with van der Waals surface area (Å²) in [5.74, 6) is 0. The molecule has 20 heavy (non-hydrogen) atoms. The average Bonchev–Trinajstić information content (AvgIpc) is 2.90. The Morgan fingerprint density at radius 3 is 2.80 bits per heavy atom. The van der Waals surface area contributed by atoms with Crippen LogP contribution in [-0.2, 0) is 6.54 Å². The highest BCUT2D eigenvalue weighted by Crippen LogP contribution is 2.26. The standard InChI is InChI=1S/C15H21ClN4/c1-3-8-17-15(14-12(16)6-5-9-18-14)13-7-10-19-20(13)11-4-2/h5-7,9-10,15,17H,3-4,8,11H2,1-2H3. The molecule has 0 radical (unpaired) electrons. The van der Waals surface area contributed by atoms with Crippen LogP contribution in [0.4, 0.5) is 0 Å². The number of rotatable bonds is 7. The van der Waals surface area contributed by atoms with Crippen molar-refractivity contribution in [2.45, 2.75) is 39.3 Å². The van der Waals surface area contributed by atoms with Gasteiger partial charge in [-0.2, -0.15) is 5.10 Å². The van der Waals surface area contributed by atoms with Crippen LogP contribution in [0.3, 0.4) is 0 Å². The van der Waals surface area contributed by atoms with E-state index in [9.17, 15) is 0 Å². The van der Waals surface area contributed by atoms with Gasteiger partial charge in [-0.05, 0) is 37.6 Å². The Morgan fingerprint density at radius 1 is 1.25 bits per heavy atom. The monoisotopic (exact) mass is 292 g/mol. The molecule has 0 aromatic carbocycles. The molecular formula is C15H21ClN4. The summed E-state index contributed by atoms with van der Waals surface area (Å²) in [4.78, 5) is 4.45. The van der Waals surface area contributed by atoms with E-state index in [0.29, 0.717) is 5.02 Å². The molecule has 2 aromatic rings. The minimum Gasteiger partial charge on any atom is -0.304 e. The Morgan fingerprint density at radius 2 is 2.10 bits per heavy atom. The van der Waals surface area contributed by atoms with Crippen LogP contribution in [0.2, 0.25) is 5.02 Å². The van der Waals surface area contributed by atoms with Crippen molar-refractivity contribution in [3.8, 4) is 0 Å². The minimum absolute atomic E-state index is 0.0160. The van der Waals surface area contributed by atoms with Gasteiger partial charge in [-0.25, -0.2) is 0 Å². The predicted molar refractivity (Wildman–Crippen MR) is 81.9 cm³/mol. The Hall–Kier alpha value is -1.39. The third kappa shape index (κ3) is 3.38. The number of nitrogens with one attached hydrogen (secondary N) is 1. The lowest BCUT2D eigenvalue weighted by atomic mass is 10.1. The van der Waals surface area contributed by atoms with E-state index in [1.807, 2.05) is 29.1 Å². The van der Waals surface area contributed by atoms with Crippen molar-refractivity contribution in [3.05, 3.63) is 47.0 Å². The lowest BCUT2D eigenvalue weighted by Crippen LogP contribution is -2.27. The fraction of sp³-hybridized carbons (Fsp3) is 0.467. The summed E-state index contributed by atoms with van der Waals surface area (Å²) in [6.45, 7) is 6.10. The fourth-order valence-electron chi connectivity index (χ4n) is 2.23. The highest BCUT2D eigenvalue weighted by molar-refractivity contribution is 6.31. The van der Waals surface area contributed by atoms with Gasteiger partial charge in [-0.3, -0.25) is 9.67 Å². The number of hydrogen-bond donors (Lipinski definition) is 1. The number of pyridine rings is 1. The van der Waals surface area contributed by atoms with Crippen LogP contribution in [0.1, 0.15) is 44.1 Å². The van der Waals surface area contributed by atoms with E-state index >= 15 is 0 Å². The van der Waals surface area contributed by atoms with E-state index in [4.69, 9.17) is 11.6 Å². The van der Waals surface area contributed by atoms with Gasteiger partial charge in [0, 0.05) is 18.9 Å². The second-order valence-corrected chi connectivity index (χ2v) is 5.14. The summed E-state index contributed by atoms with van der Waals surface area (Å²) in [5, 5.41) is 8.60. The zero-order valence-electron chi connectivity index (χ0n) is 12.0. The lowest BCUT2D eigenvalue weighted by molar-refractivity contribution is 0.505. The maximum absolute atomic E-state index is 6.31. The fourth-order valence-corrected chi connectivity index (χ4v) is 2.46. The molecular weight excluding hydrogens is 272 g/mol. The molecule has 2 aromatic heterocycles. The zero-order chi connectivity index (χ0) is 14.4. The first-order chi connectivity index (χ1) is 9.77. The molecule has 0 bridgehead atoms. The molecule has 4 nitrogen and oxygen atoms in total. The topological polar surface area (TPSA) is 42.7 Å². The number of hydrogen-bond acceptors (Lipinski definition) is 3. The largest absolute Gasteiger partial charge is 0.304 e. The van der Waals surface area contributed by atoms with Crippen LogP contribution < -0.4 is 5.32 Å². The van der Waals surface area contributed by atoms with Crippen molar-refractivity contribution in [2.24, 2.45) is 0 Å². The second kappa shape index (κ2) is 7.41. The van der Waals surface area contributed by atoms with E-state index in [0.717, 1.165) is 37.3 Å². The van der Waals surface area contributed by atoms with Crippen LogP contribution in [0.5, 0.6) is 0 Å². The van der Waals surface area contributed by atoms with Gasteiger partial charge in [0.25, 0.3) is 0 Å². The molecule has 2 heterocycles. The third-order valence-corrected chi connectivity index (χ3v) is 3.46. The molecule has 0 fully saturated rings. The van der Waals surface area contributed by atoms with Gasteiger partial charge in [-0.1, -0.05) is 25.4 Å². The molecule has 0 saturated heterocycles. The van der Waals surface area contributed by atoms with Crippen LogP contribution in [-0.4, -0.2) is 21.3 Å². The van der Waals surface area contributed by atoms with Gasteiger partial charge in [0.05, 0.1) is 22.5 Å². The molecule has 2 rings (SSSR count). The molecule has 1 N–H and O–H groups in total. The summed E-state index contributed by atoms with van der Waals surface area (Å²) >= 11 is 6.31. The van der Waals surface area contributed by atoms with Crippen LogP contribution in [0.25, 0.3) is 0 Å². The summed E-state index contributed by atoms with van der Waals surface area (Å²) in [6, 6.07) is 5.75. The smallest absolute Gasteiger partial charge is 0.0937 e. The van der Waals surface area contributed by atoms with Gasteiger partial charge in [-0.15, -0.1) is 0 Å². The van der Waals surface area contributed by atoms with Gasteiger partial charge in [0.1, 0.15) is 0 Å². The van der Waals surface area contributed by atoms with E-state index in [1.165, 1.54) is 0 Å². The van der Waals surface area contributed by atoms with Crippen LogP contribution in [0, 0.1) is 0 Å². The molecule has 108 valence electrons. The van der Waals surface area contributed by atoms with Crippen molar-refractivity contribution in [2.75, 3.05) is 6.54 Å². The quantitative estimate of drug-likeness (QED) is 0.850. The number of halogens is 1. The normalized spacial score (nSPS) is 12.6. The maximum Gasteiger partial charge on any atom is 0.0937 e. The SMILES string of the molecule is CCCNC(c1ncccc1Cl)c1ccnn1CCC. The maximum atomic E-state index is 6.31. The average molecular weight is 293 g/mol. The predicted octanol–water partition coefficient (Wildman–Crippen LogP) is 3.43. The van der Waals surface area contributed by atoms with Crippen LogP contribution in [0.15, 0.2) is 30.6 Å². The van der Waals surface area contributed by atoms with Crippen molar-refractivity contribution in [1.82, 2.24) is 20.1 Å². The lowest BCUT2D eigenvalue weighted by Gasteiger charge is -2.20. The van der Waals surface area contributed by atoms with Gasteiger partial charge < -0.3 is 5.32 Å². The highest BCUT2D eigenvalue weighted by Gasteiger charge is 2.21. The molecule has 1 unspecified atom stereocenters.